The van der Waals surface area contributed by atoms with Gasteiger partial charge in [-0.1, -0.05) is 12.1 Å². The van der Waals surface area contributed by atoms with E-state index in [0.717, 1.165) is 16.8 Å². The van der Waals surface area contributed by atoms with E-state index in [-0.39, 0.29) is 0 Å². The van der Waals surface area contributed by atoms with Crippen molar-refractivity contribution in [1.82, 2.24) is 0 Å². The molecule has 0 aliphatic heterocycles. The summed E-state index contributed by atoms with van der Waals surface area (Å²) in [5.74, 6) is -0.424. The van der Waals surface area contributed by atoms with Gasteiger partial charge in [-0.3, -0.25) is 4.79 Å². The average molecular weight is 265 g/mol. The summed E-state index contributed by atoms with van der Waals surface area (Å²) in [5, 5.41) is 12.0. The van der Waals surface area contributed by atoms with Crippen LogP contribution in [0.1, 0.15) is 27.0 Å². The number of anilines is 1. The Hall–Kier alpha value is -2.80. The van der Waals surface area contributed by atoms with E-state index in [0.29, 0.717) is 17.7 Å². The number of carbonyl (C=O) groups is 1. The summed E-state index contributed by atoms with van der Waals surface area (Å²) >= 11 is 0. The molecule has 0 aliphatic carbocycles. The first-order valence-corrected chi connectivity index (χ1v) is 6.23. The standard InChI is InChI=1S/C16H15N3O/c1-11-8-14(16(18)20)6-7-15(11)19-10-13-4-2-12(9-17)3-5-13/h2-8,19H,10H2,1H3,(H2,18,20). The molecule has 0 fully saturated rings. The van der Waals surface area contributed by atoms with E-state index in [1.165, 1.54) is 0 Å². The largest absolute Gasteiger partial charge is 0.381 e. The molecule has 0 unspecified atom stereocenters. The maximum Gasteiger partial charge on any atom is 0.248 e. The van der Waals surface area contributed by atoms with Gasteiger partial charge in [0.2, 0.25) is 5.91 Å². The Bertz CT molecular complexity index is 669. The summed E-state index contributed by atoms with van der Waals surface area (Å²) in [5.41, 5.74) is 9.40. The molecule has 100 valence electrons. The van der Waals surface area contributed by atoms with Crippen LogP contribution in [0.4, 0.5) is 5.69 Å². The second-order valence-electron chi connectivity index (χ2n) is 4.56. The number of hydrogen-bond donors (Lipinski definition) is 2. The summed E-state index contributed by atoms with van der Waals surface area (Å²) in [6.07, 6.45) is 0. The topological polar surface area (TPSA) is 78.9 Å². The van der Waals surface area contributed by atoms with Gasteiger partial charge in [0.05, 0.1) is 11.6 Å². The number of hydrogen-bond acceptors (Lipinski definition) is 3. The number of carbonyl (C=O) groups excluding carboxylic acids is 1. The predicted molar refractivity (Wildman–Crippen MR) is 78.2 cm³/mol. The fraction of sp³-hybridized carbons (Fsp3) is 0.125. The Labute approximate surface area is 117 Å². The molecular formula is C16H15N3O. The van der Waals surface area contributed by atoms with Crippen LogP contribution in [0.25, 0.3) is 0 Å². The maximum absolute atomic E-state index is 11.1. The minimum absolute atomic E-state index is 0.424. The van der Waals surface area contributed by atoms with E-state index in [9.17, 15) is 4.79 Å². The number of nitriles is 1. The van der Waals surface area contributed by atoms with Gasteiger partial charge in [0.15, 0.2) is 0 Å². The highest BCUT2D eigenvalue weighted by Gasteiger charge is 2.04. The number of benzene rings is 2. The lowest BCUT2D eigenvalue weighted by atomic mass is 10.1. The van der Waals surface area contributed by atoms with Crippen molar-refractivity contribution in [3.05, 3.63) is 64.7 Å². The molecule has 0 radical (unpaired) electrons. The molecule has 20 heavy (non-hydrogen) atoms. The monoisotopic (exact) mass is 265 g/mol. The van der Waals surface area contributed by atoms with Crippen molar-refractivity contribution in [1.29, 1.82) is 5.26 Å². The van der Waals surface area contributed by atoms with Gasteiger partial charge < -0.3 is 11.1 Å². The van der Waals surface area contributed by atoms with Gasteiger partial charge in [0, 0.05) is 17.8 Å². The average Bonchev–Trinajstić information content (AvgIpc) is 2.46. The van der Waals surface area contributed by atoms with Gasteiger partial charge in [0.25, 0.3) is 0 Å². The van der Waals surface area contributed by atoms with Crippen LogP contribution in [-0.2, 0) is 6.54 Å². The molecule has 2 rings (SSSR count). The molecule has 4 nitrogen and oxygen atoms in total. The highest BCUT2D eigenvalue weighted by atomic mass is 16.1. The maximum atomic E-state index is 11.1. The minimum Gasteiger partial charge on any atom is -0.381 e. The fourth-order valence-electron chi connectivity index (χ4n) is 1.91. The molecule has 1 amide bonds. The van der Waals surface area contributed by atoms with Crippen LogP contribution < -0.4 is 11.1 Å². The normalized spacial score (nSPS) is 9.80. The Kier molecular flexibility index (Phi) is 4.02. The molecule has 0 aliphatic rings. The Morgan fingerprint density at radius 2 is 1.95 bits per heavy atom. The highest BCUT2D eigenvalue weighted by Crippen LogP contribution is 2.17. The molecule has 4 heteroatoms. The van der Waals surface area contributed by atoms with Crippen molar-refractivity contribution in [2.24, 2.45) is 5.73 Å². The third-order valence-corrected chi connectivity index (χ3v) is 3.08. The van der Waals surface area contributed by atoms with Crippen LogP contribution in [-0.4, -0.2) is 5.91 Å². The molecule has 0 atom stereocenters. The number of nitrogens with zero attached hydrogens (tertiary/aromatic N) is 1. The van der Waals surface area contributed by atoms with Gasteiger partial charge in [-0.25, -0.2) is 0 Å². The Morgan fingerprint density at radius 1 is 1.25 bits per heavy atom. The number of amides is 1. The van der Waals surface area contributed by atoms with Crippen LogP contribution in [0.5, 0.6) is 0 Å². The van der Waals surface area contributed by atoms with Crippen molar-refractivity contribution >= 4 is 11.6 Å². The van der Waals surface area contributed by atoms with Gasteiger partial charge >= 0.3 is 0 Å². The molecule has 0 saturated carbocycles. The lowest BCUT2D eigenvalue weighted by Crippen LogP contribution is -2.11. The second kappa shape index (κ2) is 5.89. The number of aryl methyl sites for hydroxylation is 1. The predicted octanol–water partition coefficient (Wildman–Crippen LogP) is 2.58. The Balaban J connectivity index is 2.07. The first-order valence-electron chi connectivity index (χ1n) is 6.23. The first-order chi connectivity index (χ1) is 9.60. The molecule has 0 aromatic heterocycles. The van der Waals surface area contributed by atoms with Gasteiger partial charge in [-0.05, 0) is 48.4 Å². The summed E-state index contributed by atoms with van der Waals surface area (Å²) < 4.78 is 0. The summed E-state index contributed by atoms with van der Waals surface area (Å²) in [4.78, 5) is 11.1. The van der Waals surface area contributed by atoms with E-state index in [4.69, 9.17) is 11.0 Å². The van der Waals surface area contributed by atoms with E-state index >= 15 is 0 Å². The molecule has 3 N–H and O–H groups in total. The number of primary amides is 1. The zero-order chi connectivity index (χ0) is 14.5. The third kappa shape index (κ3) is 3.15. The molecule has 0 heterocycles. The summed E-state index contributed by atoms with van der Waals surface area (Å²) in [7, 11) is 0. The molecule has 2 aromatic rings. The fourth-order valence-corrected chi connectivity index (χ4v) is 1.91. The first kappa shape index (κ1) is 13.6. The van der Waals surface area contributed by atoms with Gasteiger partial charge in [-0.15, -0.1) is 0 Å². The van der Waals surface area contributed by atoms with E-state index < -0.39 is 5.91 Å². The van der Waals surface area contributed by atoms with Gasteiger partial charge in [0.1, 0.15) is 0 Å². The van der Waals surface area contributed by atoms with Crippen LogP contribution in [0.3, 0.4) is 0 Å². The highest BCUT2D eigenvalue weighted by molar-refractivity contribution is 5.93. The van der Waals surface area contributed by atoms with E-state index in [2.05, 4.69) is 11.4 Å². The van der Waals surface area contributed by atoms with Crippen molar-refractivity contribution < 1.29 is 4.79 Å². The van der Waals surface area contributed by atoms with Crippen LogP contribution in [0.15, 0.2) is 42.5 Å². The van der Waals surface area contributed by atoms with Crippen LogP contribution in [0.2, 0.25) is 0 Å². The lowest BCUT2D eigenvalue weighted by Gasteiger charge is -2.10. The van der Waals surface area contributed by atoms with Gasteiger partial charge in [-0.2, -0.15) is 5.26 Å². The minimum atomic E-state index is -0.424. The second-order valence-corrected chi connectivity index (χ2v) is 4.56. The zero-order valence-corrected chi connectivity index (χ0v) is 11.2. The Morgan fingerprint density at radius 3 is 2.50 bits per heavy atom. The quantitative estimate of drug-likeness (QED) is 0.891. The third-order valence-electron chi connectivity index (χ3n) is 3.08. The smallest absolute Gasteiger partial charge is 0.248 e. The zero-order valence-electron chi connectivity index (χ0n) is 11.2. The molecule has 0 spiro atoms. The molecular weight excluding hydrogens is 250 g/mol. The van der Waals surface area contributed by atoms with Crippen molar-refractivity contribution in [3.63, 3.8) is 0 Å². The summed E-state index contributed by atoms with van der Waals surface area (Å²) in [6.45, 7) is 2.58. The number of rotatable bonds is 4. The van der Waals surface area contributed by atoms with E-state index in [1.807, 2.05) is 25.1 Å². The molecule has 0 saturated heterocycles. The summed E-state index contributed by atoms with van der Waals surface area (Å²) in [6, 6.07) is 14.8. The molecule has 0 bridgehead atoms. The van der Waals surface area contributed by atoms with Crippen molar-refractivity contribution in [2.45, 2.75) is 13.5 Å². The number of nitrogens with one attached hydrogen (secondary N) is 1. The molecule has 2 aromatic carbocycles. The SMILES string of the molecule is Cc1cc(C(N)=O)ccc1NCc1ccc(C#N)cc1. The van der Waals surface area contributed by atoms with Crippen LogP contribution in [0, 0.1) is 18.3 Å². The van der Waals surface area contributed by atoms with Crippen LogP contribution >= 0.6 is 0 Å². The number of nitrogens with two attached hydrogens (primary N) is 1. The van der Waals surface area contributed by atoms with E-state index in [1.54, 1.807) is 24.3 Å². The lowest BCUT2D eigenvalue weighted by molar-refractivity contribution is 0.1000. The van der Waals surface area contributed by atoms with Crippen molar-refractivity contribution in [3.8, 4) is 6.07 Å². The van der Waals surface area contributed by atoms with Crippen molar-refractivity contribution in [2.75, 3.05) is 5.32 Å².